The molecular weight excluding hydrogens is 367 g/mol. The average Bonchev–Trinajstić information content (AvgIpc) is 2.61. The Kier molecular flexibility index (Phi) is 5.36. The van der Waals surface area contributed by atoms with E-state index >= 15 is 0 Å². The molecule has 0 atom stereocenters. The smallest absolute Gasteiger partial charge is 0.285 e. The van der Waals surface area contributed by atoms with Gasteiger partial charge in [-0.1, -0.05) is 29.8 Å². The molecule has 0 aromatic heterocycles. The summed E-state index contributed by atoms with van der Waals surface area (Å²) in [6.45, 7) is 5.62. The number of piperazine rings is 1. The van der Waals surface area contributed by atoms with E-state index in [1.165, 1.54) is 6.07 Å². The Labute approximate surface area is 159 Å². The van der Waals surface area contributed by atoms with Crippen molar-refractivity contribution in [1.29, 1.82) is 0 Å². The molecule has 8 heteroatoms. The van der Waals surface area contributed by atoms with Gasteiger partial charge in [-0.05, 0) is 37.6 Å². The van der Waals surface area contributed by atoms with Gasteiger partial charge < -0.3 is 15.5 Å². The molecule has 0 unspecified atom stereocenters. The summed E-state index contributed by atoms with van der Waals surface area (Å²) in [5.41, 5.74) is 8.12. The second-order valence-electron chi connectivity index (χ2n) is 6.62. The van der Waals surface area contributed by atoms with E-state index in [4.69, 9.17) is 5.73 Å². The highest BCUT2D eigenvalue weighted by Crippen LogP contribution is 2.21. The molecule has 2 aromatic carbocycles. The summed E-state index contributed by atoms with van der Waals surface area (Å²) in [6.07, 6.45) is 0. The van der Waals surface area contributed by atoms with E-state index in [9.17, 15) is 12.8 Å². The molecule has 1 saturated heterocycles. The first-order valence-corrected chi connectivity index (χ1v) is 10.1. The van der Waals surface area contributed by atoms with Gasteiger partial charge in [-0.3, -0.25) is 0 Å². The first-order valence-electron chi connectivity index (χ1n) is 8.70. The fourth-order valence-electron chi connectivity index (χ4n) is 3.20. The highest BCUT2D eigenvalue weighted by Gasteiger charge is 2.23. The molecule has 1 fully saturated rings. The highest BCUT2D eigenvalue weighted by atomic mass is 32.2. The number of halogens is 1. The van der Waals surface area contributed by atoms with E-state index in [2.05, 4.69) is 4.40 Å². The molecular formula is C19H23FN4O2S. The summed E-state index contributed by atoms with van der Waals surface area (Å²) in [6, 6.07) is 11.7. The molecule has 1 aliphatic rings. The predicted octanol–water partition coefficient (Wildman–Crippen LogP) is 2.27. The third-order valence-electron chi connectivity index (χ3n) is 4.62. The molecule has 2 N–H and O–H groups in total. The van der Waals surface area contributed by atoms with Gasteiger partial charge >= 0.3 is 0 Å². The summed E-state index contributed by atoms with van der Waals surface area (Å²) in [5.74, 6) is -0.312. The maximum absolute atomic E-state index is 13.9. The second-order valence-corrected chi connectivity index (χ2v) is 8.19. The zero-order valence-electron chi connectivity index (χ0n) is 15.4. The minimum atomic E-state index is -3.88. The van der Waals surface area contributed by atoms with Crippen LogP contribution >= 0.6 is 0 Å². The molecule has 0 amide bonds. The van der Waals surface area contributed by atoms with E-state index in [0.29, 0.717) is 37.4 Å². The molecule has 1 aliphatic heterocycles. The number of nitrogens with zero attached hydrogens (tertiary/aromatic N) is 3. The summed E-state index contributed by atoms with van der Waals surface area (Å²) in [7, 11) is -3.88. The van der Waals surface area contributed by atoms with Gasteiger partial charge in [-0.25, -0.2) is 4.39 Å². The van der Waals surface area contributed by atoms with Crippen LogP contribution in [0.4, 0.5) is 10.1 Å². The molecule has 3 rings (SSSR count). The zero-order chi connectivity index (χ0) is 19.6. The Hall–Kier alpha value is -2.61. The normalized spacial score (nSPS) is 15.9. The van der Waals surface area contributed by atoms with Crippen molar-refractivity contribution in [2.75, 3.05) is 31.1 Å². The first kappa shape index (κ1) is 19.2. The molecule has 0 spiro atoms. The van der Waals surface area contributed by atoms with Gasteiger partial charge in [-0.2, -0.15) is 8.42 Å². The van der Waals surface area contributed by atoms with Crippen molar-refractivity contribution in [2.24, 2.45) is 10.1 Å². The van der Waals surface area contributed by atoms with Gasteiger partial charge in [0.05, 0.1) is 10.6 Å². The summed E-state index contributed by atoms with van der Waals surface area (Å²) >= 11 is 0. The molecule has 1 heterocycles. The lowest BCUT2D eigenvalue weighted by Gasteiger charge is -2.36. The van der Waals surface area contributed by atoms with Crippen molar-refractivity contribution in [3.63, 3.8) is 0 Å². The molecule has 6 nitrogen and oxygen atoms in total. The quantitative estimate of drug-likeness (QED) is 0.642. The van der Waals surface area contributed by atoms with Crippen LogP contribution in [0.2, 0.25) is 0 Å². The lowest BCUT2D eigenvalue weighted by Crippen LogP contribution is -2.51. The number of para-hydroxylation sites is 1. The van der Waals surface area contributed by atoms with E-state index in [1.807, 2.05) is 11.8 Å². The van der Waals surface area contributed by atoms with E-state index < -0.39 is 10.0 Å². The molecule has 0 aliphatic carbocycles. The van der Waals surface area contributed by atoms with Crippen LogP contribution in [0.3, 0.4) is 0 Å². The van der Waals surface area contributed by atoms with Crippen LogP contribution in [0.5, 0.6) is 0 Å². The summed E-state index contributed by atoms with van der Waals surface area (Å²) in [4.78, 5) is 3.77. The molecule has 0 saturated carbocycles. The van der Waals surface area contributed by atoms with Gasteiger partial charge in [-0.15, -0.1) is 4.40 Å². The van der Waals surface area contributed by atoms with Crippen LogP contribution in [0.25, 0.3) is 0 Å². The van der Waals surface area contributed by atoms with Crippen molar-refractivity contribution >= 4 is 21.7 Å². The van der Waals surface area contributed by atoms with Crippen LogP contribution in [-0.2, 0) is 10.0 Å². The van der Waals surface area contributed by atoms with Crippen molar-refractivity contribution in [2.45, 2.75) is 18.7 Å². The number of hydrogen-bond donors (Lipinski definition) is 1. The minimum Gasteiger partial charge on any atom is -0.369 e. The SMILES string of the molecule is Cc1ccc(S(=O)(=O)N=C(N)N2CCN(c3ccccc3F)CC2)c(C)c1. The Morgan fingerprint density at radius 2 is 1.74 bits per heavy atom. The van der Waals surface area contributed by atoms with E-state index in [0.717, 1.165) is 5.56 Å². The van der Waals surface area contributed by atoms with Crippen molar-refractivity contribution in [3.05, 3.63) is 59.4 Å². The lowest BCUT2D eigenvalue weighted by atomic mass is 10.2. The number of nitrogens with two attached hydrogens (primary N) is 1. The van der Waals surface area contributed by atoms with Crippen molar-refractivity contribution in [3.8, 4) is 0 Å². The fourth-order valence-corrected chi connectivity index (χ4v) is 4.37. The van der Waals surface area contributed by atoms with Crippen LogP contribution in [0, 0.1) is 19.7 Å². The lowest BCUT2D eigenvalue weighted by molar-refractivity contribution is 0.380. The standard InChI is InChI=1S/C19H23FN4O2S/c1-14-7-8-18(15(2)13-14)27(25,26)22-19(21)24-11-9-23(10-12-24)17-6-4-3-5-16(17)20/h3-8,13H,9-12H2,1-2H3,(H2,21,22). The largest absolute Gasteiger partial charge is 0.369 e. The van der Waals surface area contributed by atoms with Gasteiger partial charge in [0.2, 0.25) is 5.96 Å². The number of hydrogen-bond acceptors (Lipinski definition) is 3. The average molecular weight is 390 g/mol. The highest BCUT2D eigenvalue weighted by molar-refractivity contribution is 7.90. The Bertz CT molecular complexity index is 967. The molecule has 0 radical (unpaired) electrons. The molecule has 0 bridgehead atoms. The zero-order valence-corrected chi connectivity index (χ0v) is 16.2. The molecule has 2 aromatic rings. The maximum Gasteiger partial charge on any atom is 0.285 e. The minimum absolute atomic E-state index is 0.0387. The van der Waals surface area contributed by atoms with Gasteiger partial charge in [0, 0.05) is 26.2 Å². The Morgan fingerprint density at radius 1 is 1.07 bits per heavy atom. The number of sulfonamides is 1. The molecule has 27 heavy (non-hydrogen) atoms. The molecule has 144 valence electrons. The van der Waals surface area contributed by atoms with Crippen molar-refractivity contribution in [1.82, 2.24) is 4.90 Å². The van der Waals surface area contributed by atoms with Crippen LogP contribution in [0.1, 0.15) is 11.1 Å². The maximum atomic E-state index is 13.9. The second kappa shape index (κ2) is 7.56. The monoisotopic (exact) mass is 390 g/mol. The van der Waals surface area contributed by atoms with Gasteiger partial charge in [0.1, 0.15) is 5.82 Å². The van der Waals surface area contributed by atoms with Gasteiger partial charge in [0.15, 0.2) is 0 Å². The number of guanidine groups is 1. The van der Waals surface area contributed by atoms with Crippen LogP contribution < -0.4 is 10.6 Å². The first-order chi connectivity index (χ1) is 12.8. The number of aryl methyl sites for hydroxylation is 2. The number of benzene rings is 2. The number of rotatable bonds is 3. The third kappa shape index (κ3) is 4.21. The topological polar surface area (TPSA) is 79.0 Å². The Balaban J connectivity index is 1.73. The van der Waals surface area contributed by atoms with Crippen molar-refractivity contribution < 1.29 is 12.8 Å². The fraction of sp³-hybridized carbons (Fsp3) is 0.316. The van der Waals surface area contributed by atoms with Crippen LogP contribution in [-0.4, -0.2) is 45.5 Å². The van der Waals surface area contributed by atoms with Crippen LogP contribution in [0.15, 0.2) is 51.8 Å². The predicted molar refractivity (Wildman–Crippen MR) is 105 cm³/mol. The number of anilines is 1. The summed E-state index contributed by atoms with van der Waals surface area (Å²) < 4.78 is 42.9. The third-order valence-corrected chi connectivity index (χ3v) is 6.06. The van der Waals surface area contributed by atoms with E-state index in [1.54, 1.807) is 48.2 Å². The van der Waals surface area contributed by atoms with E-state index in [-0.39, 0.29) is 16.7 Å². The van der Waals surface area contributed by atoms with Gasteiger partial charge in [0.25, 0.3) is 10.0 Å². The summed E-state index contributed by atoms with van der Waals surface area (Å²) in [5, 5.41) is 0. The Morgan fingerprint density at radius 3 is 2.37 bits per heavy atom.